The highest BCUT2D eigenvalue weighted by atomic mass is 35.5. The molecule has 0 saturated heterocycles. The molecule has 0 saturated carbocycles. The second-order valence-electron chi connectivity index (χ2n) is 4.62. The van der Waals surface area contributed by atoms with Crippen molar-refractivity contribution in [3.05, 3.63) is 64.4 Å². The largest absolute Gasteiger partial charge is 0.495 e. The number of benzene rings is 2. The third kappa shape index (κ3) is 3.73. The second-order valence-corrected chi connectivity index (χ2v) is 5.03. The lowest BCUT2D eigenvalue weighted by Crippen LogP contribution is -2.14. The first-order chi connectivity index (χ1) is 10.0. The molecule has 0 amide bonds. The van der Waals surface area contributed by atoms with E-state index in [9.17, 15) is 14.3 Å². The predicted octanol–water partition coefficient (Wildman–Crippen LogP) is 3.90. The lowest BCUT2D eigenvalue weighted by atomic mass is 9.92. The molecule has 1 N–H and O–H groups in total. The molecule has 2 aromatic rings. The monoisotopic (exact) mass is 308 g/mol. The molecule has 1 atom stereocenters. The lowest BCUT2D eigenvalue weighted by molar-refractivity contribution is -0.138. The Morgan fingerprint density at radius 1 is 1.33 bits per heavy atom. The zero-order valence-electron chi connectivity index (χ0n) is 11.3. The van der Waals surface area contributed by atoms with E-state index in [-0.39, 0.29) is 6.42 Å². The van der Waals surface area contributed by atoms with E-state index in [1.807, 2.05) is 0 Å². The normalized spacial score (nSPS) is 12.0. The Hall–Kier alpha value is -2.07. The minimum atomic E-state index is -1.01. The van der Waals surface area contributed by atoms with Gasteiger partial charge in [-0.05, 0) is 41.8 Å². The van der Waals surface area contributed by atoms with E-state index < -0.39 is 17.7 Å². The summed E-state index contributed by atoms with van der Waals surface area (Å²) in [5.74, 6) is -1.76. The van der Waals surface area contributed by atoms with Crippen molar-refractivity contribution in [1.29, 1.82) is 0 Å². The fourth-order valence-electron chi connectivity index (χ4n) is 2.14. The second kappa shape index (κ2) is 6.59. The van der Waals surface area contributed by atoms with Crippen LogP contribution in [0.1, 0.15) is 17.0 Å². The molecule has 2 rings (SSSR count). The summed E-state index contributed by atoms with van der Waals surface area (Å²) < 4.78 is 18.3. The van der Waals surface area contributed by atoms with Crippen molar-refractivity contribution >= 4 is 17.6 Å². The average Bonchev–Trinajstić information content (AvgIpc) is 2.44. The third-order valence-corrected chi connectivity index (χ3v) is 3.50. The van der Waals surface area contributed by atoms with Gasteiger partial charge in [-0.1, -0.05) is 29.8 Å². The van der Waals surface area contributed by atoms with Crippen LogP contribution in [0.15, 0.2) is 42.5 Å². The van der Waals surface area contributed by atoms with Crippen LogP contribution in [0.25, 0.3) is 0 Å². The van der Waals surface area contributed by atoms with E-state index >= 15 is 0 Å². The van der Waals surface area contributed by atoms with Gasteiger partial charge in [-0.15, -0.1) is 0 Å². The molecule has 110 valence electrons. The van der Waals surface area contributed by atoms with Crippen LogP contribution in [0, 0.1) is 5.82 Å². The van der Waals surface area contributed by atoms with Crippen LogP contribution in [0.5, 0.6) is 5.75 Å². The first-order valence-corrected chi connectivity index (χ1v) is 6.69. The van der Waals surface area contributed by atoms with Crippen LogP contribution in [0.4, 0.5) is 4.39 Å². The molecule has 0 fully saturated rings. The van der Waals surface area contributed by atoms with Gasteiger partial charge in [-0.3, -0.25) is 4.79 Å². The van der Waals surface area contributed by atoms with Crippen molar-refractivity contribution in [1.82, 2.24) is 0 Å². The van der Waals surface area contributed by atoms with Crippen molar-refractivity contribution in [2.24, 2.45) is 0 Å². The van der Waals surface area contributed by atoms with Crippen molar-refractivity contribution in [3.8, 4) is 5.75 Å². The Kier molecular flexibility index (Phi) is 4.81. The van der Waals surface area contributed by atoms with Crippen LogP contribution in [0.3, 0.4) is 0 Å². The summed E-state index contributed by atoms with van der Waals surface area (Å²) in [6.07, 6.45) is 0.225. The number of methoxy groups -OCH3 is 1. The van der Waals surface area contributed by atoms with Crippen LogP contribution >= 0.6 is 11.6 Å². The van der Waals surface area contributed by atoms with E-state index in [0.717, 1.165) is 5.56 Å². The number of ether oxygens (including phenoxy) is 1. The highest BCUT2D eigenvalue weighted by molar-refractivity contribution is 6.32. The molecule has 0 heterocycles. The molecule has 0 aliphatic carbocycles. The van der Waals surface area contributed by atoms with Gasteiger partial charge in [0.25, 0.3) is 0 Å². The van der Waals surface area contributed by atoms with E-state index in [1.54, 1.807) is 24.3 Å². The van der Waals surface area contributed by atoms with Crippen molar-refractivity contribution in [2.75, 3.05) is 7.11 Å². The van der Waals surface area contributed by atoms with E-state index in [2.05, 4.69) is 0 Å². The Balaban J connectivity index is 2.29. The van der Waals surface area contributed by atoms with Gasteiger partial charge in [-0.25, -0.2) is 4.39 Å². The summed E-state index contributed by atoms with van der Waals surface area (Å²) in [5.41, 5.74) is 1.17. The van der Waals surface area contributed by atoms with E-state index in [4.69, 9.17) is 16.3 Å². The minimum absolute atomic E-state index is 0.225. The maximum Gasteiger partial charge on any atom is 0.311 e. The molecule has 21 heavy (non-hydrogen) atoms. The maximum absolute atomic E-state index is 13.3. The van der Waals surface area contributed by atoms with Crippen LogP contribution in [-0.4, -0.2) is 18.2 Å². The van der Waals surface area contributed by atoms with Crippen molar-refractivity contribution < 1.29 is 19.0 Å². The zero-order chi connectivity index (χ0) is 15.4. The molecule has 0 bridgehead atoms. The molecule has 0 aliphatic rings. The molecule has 5 heteroatoms. The Morgan fingerprint density at radius 3 is 2.67 bits per heavy atom. The van der Waals surface area contributed by atoms with Crippen molar-refractivity contribution in [2.45, 2.75) is 12.3 Å². The van der Waals surface area contributed by atoms with Crippen molar-refractivity contribution in [3.63, 3.8) is 0 Å². The number of carboxylic acids is 1. The molecule has 0 radical (unpaired) electrons. The van der Waals surface area contributed by atoms with E-state index in [0.29, 0.717) is 16.3 Å². The summed E-state index contributed by atoms with van der Waals surface area (Å²) in [4.78, 5) is 11.4. The number of aliphatic carboxylic acids is 1. The Labute approximate surface area is 126 Å². The number of hydrogen-bond acceptors (Lipinski definition) is 2. The highest BCUT2D eigenvalue weighted by Gasteiger charge is 2.21. The summed E-state index contributed by atoms with van der Waals surface area (Å²) in [7, 11) is 1.51. The smallest absolute Gasteiger partial charge is 0.311 e. The molecule has 0 spiro atoms. The topological polar surface area (TPSA) is 46.5 Å². The summed E-state index contributed by atoms with van der Waals surface area (Å²) >= 11 is 6.03. The van der Waals surface area contributed by atoms with Crippen LogP contribution < -0.4 is 4.74 Å². The summed E-state index contributed by atoms with van der Waals surface area (Å²) in [5, 5.41) is 9.78. The summed E-state index contributed by atoms with van der Waals surface area (Å²) in [6.45, 7) is 0. The minimum Gasteiger partial charge on any atom is -0.495 e. The van der Waals surface area contributed by atoms with Gasteiger partial charge in [0.1, 0.15) is 11.6 Å². The number of rotatable bonds is 5. The van der Waals surface area contributed by atoms with Gasteiger partial charge in [0.15, 0.2) is 0 Å². The van der Waals surface area contributed by atoms with Gasteiger partial charge >= 0.3 is 5.97 Å². The fraction of sp³-hybridized carbons (Fsp3) is 0.188. The molecule has 3 nitrogen and oxygen atoms in total. The molecular formula is C16H14ClFO3. The fourth-order valence-corrected chi connectivity index (χ4v) is 2.42. The average molecular weight is 309 g/mol. The number of halogens is 2. The van der Waals surface area contributed by atoms with Gasteiger partial charge in [0.05, 0.1) is 18.1 Å². The van der Waals surface area contributed by atoms with Gasteiger partial charge < -0.3 is 9.84 Å². The molecule has 2 aromatic carbocycles. The van der Waals surface area contributed by atoms with Crippen LogP contribution in [0.2, 0.25) is 5.02 Å². The quantitative estimate of drug-likeness (QED) is 0.911. The van der Waals surface area contributed by atoms with Gasteiger partial charge in [-0.2, -0.15) is 0 Å². The standard InChI is InChI=1S/C16H14ClFO3/c1-21-15-6-5-10(8-14(15)17)7-13(16(19)20)11-3-2-4-12(18)9-11/h2-6,8-9,13H,7H2,1H3,(H,19,20). The molecule has 0 aromatic heterocycles. The van der Waals surface area contributed by atoms with E-state index in [1.165, 1.54) is 25.3 Å². The number of carbonyl (C=O) groups is 1. The Morgan fingerprint density at radius 2 is 2.10 bits per heavy atom. The first-order valence-electron chi connectivity index (χ1n) is 6.32. The van der Waals surface area contributed by atoms with Gasteiger partial charge in [0.2, 0.25) is 0 Å². The Bertz CT molecular complexity index is 658. The SMILES string of the molecule is COc1ccc(CC(C(=O)O)c2cccc(F)c2)cc1Cl. The third-order valence-electron chi connectivity index (χ3n) is 3.21. The predicted molar refractivity (Wildman–Crippen MR) is 78.5 cm³/mol. The first kappa shape index (κ1) is 15.3. The number of carboxylic acid groups (broad SMARTS) is 1. The highest BCUT2D eigenvalue weighted by Crippen LogP contribution is 2.28. The summed E-state index contributed by atoms with van der Waals surface area (Å²) in [6, 6.07) is 10.7. The van der Waals surface area contributed by atoms with Crippen LogP contribution in [-0.2, 0) is 11.2 Å². The maximum atomic E-state index is 13.3. The van der Waals surface area contributed by atoms with Gasteiger partial charge in [0, 0.05) is 0 Å². The number of hydrogen-bond donors (Lipinski definition) is 1. The molecule has 0 aliphatic heterocycles. The molecular weight excluding hydrogens is 295 g/mol. The lowest BCUT2D eigenvalue weighted by Gasteiger charge is -2.14. The molecule has 1 unspecified atom stereocenters. The zero-order valence-corrected chi connectivity index (χ0v) is 12.1.